The number of halogens is 1. The van der Waals surface area contributed by atoms with Gasteiger partial charge in [-0.05, 0) is 35.4 Å². The second-order valence-corrected chi connectivity index (χ2v) is 10.9. The largest absolute Gasteiger partial charge is 0.495 e. The quantitative estimate of drug-likeness (QED) is 0.138. The lowest BCUT2D eigenvalue weighted by atomic mass is 10.1. The molecule has 4 aromatic rings. The molecule has 7 nitrogen and oxygen atoms in total. The summed E-state index contributed by atoms with van der Waals surface area (Å²) in [6, 6.07) is 27.8. The molecule has 1 aromatic heterocycles. The zero-order chi connectivity index (χ0) is 27.9. The lowest BCUT2D eigenvalue weighted by Crippen LogP contribution is -2.48. The highest BCUT2D eigenvalue weighted by Gasteiger charge is 2.24. The van der Waals surface area contributed by atoms with Crippen molar-refractivity contribution >= 4 is 40.8 Å². The Morgan fingerprint density at radius 1 is 0.925 bits per heavy atom. The van der Waals surface area contributed by atoms with E-state index in [1.807, 2.05) is 72.6 Å². The van der Waals surface area contributed by atoms with E-state index >= 15 is 0 Å². The van der Waals surface area contributed by atoms with Crippen molar-refractivity contribution in [3.63, 3.8) is 0 Å². The number of amides is 1. The number of methoxy groups -OCH3 is 1. The number of carbonyl (C=O) groups excluding carboxylic acids is 1. The number of thioether (sulfide) groups is 1. The van der Waals surface area contributed by atoms with Gasteiger partial charge in [-0.3, -0.25) is 4.79 Å². The monoisotopic (exact) mass is 573 g/mol. The second kappa shape index (κ2) is 13.1. The molecular formula is C31H32ClN5O2S. The van der Waals surface area contributed by atoms with Gasteiger partial charge in [-0.2, -0.15) is 0 Å². The number of ether oxygens (including phenoxy) is 1. The Kier molecular flexibility index (Phi) is 9.08. The average molecular weight is 574 g/mol. The molecule has 1 aliphatic heterocycles. The molecule has 0 atom stereocenters. The molecule has 0 spiro atoms. The highest BCUT2D eigenvalue weighted by Crippen LogP contribution is 2.29. The van der Waals surface area contributed by atoms with Crippen molar-refractivity contribution < 1.29 is 9.53 Å². The number of piperazine rings is 1. The van der Waals surface area contributed by atoms with Gasteiger partial charge < -0.3 is 19.4 Å². The third kappa shape index (κ3) is 6.87. The molecule has 0 N–H and O–H groups in total. The van der Waals surface area contributed by atoms with Gasteiger partial charge in [0.2, 0.25) is 0 Å². The van der Waals surface area contributed by atoms with E-state index in [-0.39, 0.29) is 5.91 Å². The van der Waals surface area contributed by atoms with Gasteiger partial charge in [0.05, 0.1) is 12.8 Å². The summed E-state index contributed by atoms with van der Waals surface area (Å²) in [4.78, 5) is 28.7. The Hall–Kier alpha value is -3.75. The summed E-state index contributed by atoms with van der Waals surface area (Å²) >= 11 is 7.85. The van der Waals surface area contributed by atoms with Crippen molar-refractivity contribution in [2.45, 2.75) is 17.5 Å². The first-order valence-electron chi connectivity index (χ1n) is 13.2. The van der Waals surface area contributed by atoms with E-state index in [4.69, 9.17) is 21.3 Å². The van der Waals surface area contributed by atoms with E-state index in [1.54, 1.807) is 13.2 Å². The molecule has 3 aromatic carbocycles. The third-order valence-electron chi connectivity index (χ3n) is 6.85. The van der Waals surface area contributed by atoms with E-state index in [2.05, 4.69) is 33.0 Å². The number of carbonyl (C=O) groups is 1. The summed E-state index contributed by atoms with van der Waals surface area (Å²) in [6.07, 6.45) is 0. The van der Waals surface area contributed by atoms with Crippen LogP contribution in [0.25, 0.3) is 0 Å². The van der Waals surface area contributed by atoms with Crippen LogP contribution in [0.5, 0.6) is 5.75 Å². The zero-order valence-corrected chi connectivity index (χ0v) is 24.2. The van der Waals surface area contributed by atoms with Crippen LogP contribution in [0.4, 0.5) is 11.5 Å². The fourth-order valence-corrected chi connectivity index (χ4v) is 5.77. The Balaban J connectivity index is 1.19. The van der Waals surface area contributed by atoms with Gasteiger partial charge in [-0.15, -0.1) is 0 Å². The zero-order valence-electron chi connectivity index (χ0n) is 22.7. The number of hydrogen-bond acceptors (Lipinski definition) is 7. The molecule has 2 heterocycles. The molecule has 9 heteroatoms. The maximum absolute atomic E-state index is 13.3. The number of para-hydroxylation sites is 2. The van der Waals surface area contributed by atoms with E-state index in [0.717, 1.165) is 42.5 Å². The maximum atomic E-state index is 13.3. The topological polar surface area (TPSA) is 61.8 Å². The van der Waals surface area contributed by atoms with E-state index in [9.17, 15) is 4.79 Å². The molecule has 206 valence electrons. The standard InChI is InChI=1S/C31H32ClN5O2S/c1-35(21-23-9-4-3-5-10-23)29-20-28(32)33-31(34-29)40-22-24-11-8-12-25(19-24)30(38)37-17-15-36(16-18-37)26-13-6-7-14-27(26)39-2/h3-14,19-20H,15-18,21-22H2,1-2H3. The van der Waals surface area contributed by atoms with Crippen molar-refractivity contribution in [1.82, 2.24) is 14.9 Å². The van der Waals surface area contributed by atoms with Crippen molar-refractivity contribution in [3.8, 4) is 5.75 Å². The normalized spacial score (nSPS) is 13.3. The van der Waals surface area contributed by atoms with Crippen LogP contribution in [0, 0.1) is 0 Å². The number of benzene rings is 3. The number of nitrogens with zero attached hydrogens (tertiary/aromatic N) is 5. The predicted octanol–water partition coefficient (Wildman–Crippen LogP) is 6.03. The fraction of sp³-hybridized carbons (Fsp3) is 0.258. The minimum absolute atomic E-state index is 0.0513. The molecule has 1 fully saturated rings. The first kappa shape index (κ1) is 27.8. The number of rotatable bonds is 9. The van der Waals surface area contributed by atoms with Gasteiger partial charge in [-0.25, -0.2) is 9.97 Å². The molecule has 0 radical (unpaired) electrons. The van der Waals surface area contributed by atoms with Gasteiger partial charge in [-0.1, -0.05) is 78.0 Å². The highest BCUT2D eigenvalue weighted by molar-refractivity contribution is 7.98. The van der Waals surface area contributed by atoms with Crippen LogP contribution < -0.4 is 14.5 Å². The van der Waals surface area contributed by atoms with Crippen LogP contribution in [0.1, 0.15) is 21.5 Å². The summed E-state index contributed by atoms with van der Waals surface area (Å²) in [5.41, 5.74) is 3.98. The van der Waals surface area contributed by atoms with Gasteiger partial charge >= 0.3 is 0 Å². The summed E-state index contributed by atoms with van der Waals surface area (Å²) < 4.78 is 5.52. The summed E-state index contributed by atoms with van der Waals surface area (Å²) in [5, 5.41) is 1.01. The molecule has 40 heavy (non-hydrogen) atoms. The van der Waals surface area contributed by atoms with Crippen molar-refractivity contribution in [3.05, 3.63) is 107 Å². The van der Waals surface area contributed by atoms with Crippen LogP contribution in [-0.2, 0) is 12.3 Å². The van der Waals surface area contributed by atoms with Crippen molar-refractivity contribution in [1.29, 1.82) is 0 Å². The Bertz CT molecular complexity index is 1450. The first-order valence-corrected chi connectivity index (χ1v) is 14.5. The molecule has 1 amide bonds. The summed E-state index contributed by atoms with van der Waals surface area (Å²) in [7, 11) is 3.68. The van der Waals surface area contributed by atoms with Crippen LogP contribution in [0.2, 0.25) is 5.15 Å². The molecule has 1 aliphatic rings. The second-order valence-electron chi connectivity index (χ2n) is 9.61. The average Bonchev–Trinajstić information content (AvgIpc) is 3.00. The molecule has 0 saturated carbocycles. The van der Waals surface area contributed by atoms with Crippen LogP contribution in [-0.4, -0.2) is 61.1 Å². The van der Waals surface area contributed by atoms with Crippen LogP contribution in [0.3, 0.4) is 0 Å². The smallest absolute Gasteiger partial charge is 0.253 e. The van der Waals surface area contributed by atoms with Crippen LogP contribution in [0.15, 0.2) is 90.1 Å². The van der Waals surface area contributed by atoms with Gasteiger partial charge in [0.15, 0.2) is 5.16 Å². The molecular weight excluding hydrogens is 542 g/mol. The highest BCUT2D eigenvalue weighted by atomic mass is 35.5. The van der Waals surface area contributed by atoms with Crippen LogP contribution >= 0.6 is 23.4 Å². The van der Waals surface area contributed by atoms with Gasteiger partial charge in [0.25, 0.3) is 5.91 Å². The SMILES string of the molecule is COc1ccccc1N1CCN(C(=O)c2cccc(CSc3nc(Cl)cc(N(C)Cc4ccccc4)n3)c2)CC1. The molecule has 0 unspecified atom stereocenters. The molecule has 1 saturated heterocycles. The van der Waals surface area contributed by atoms with E-state index in [0.29, 0.717) is 34.7 Å². The summed E-state index contributed by atoms with van der Waals surface area (Å²) in [6.45, 7) is 3.55. The van der Waals surface area contributed by atoms with Crippen molar-refractivity contribution in [2.24, 2.45) is 0 Å². The Morgan fingerprint density at radius 2 is 1.65 bits per heavy atom. The number of aromatic nitrogens is 2. The minimum Gasteiger partial charge on any atom is -0.495 e. The Labute approximate surface area is 244 Å². The minimum atomic E-state index is 0.0513. The first-order chi connectivity index (χ1) is 19.5. The van der Waals surface area contributed by atoms with Gasteiger partial charge in [0, 0.05) is 57.2 Å². The predicted molar refractivity (Wildman–Crippen MR) is 163 cm³/mol. The van der Waals surface area contributed by atoms with E-state index < -0.39 is 0 Å². The lowest BCUT2D eigenvalue weighted by Gasteiger charge is -2.36. The Morgan fingerprint density at radius 3 is 2.42 bits per heavy atom. The lowest BCUT2D eigenvalue weighted by molar-refractivity contribution is 0.0746. The van der Waals surface area contributed by atoms with Crippen molar-refractivity contribution in [2.75, 3.05) is 50.1 Å². The number of hydrogen-bond donors (Lipinski definition) is 0. The third-order valence-corrected chi connectivity index (χ3v) is 7.96. The fourth-order valence-electron chi connectivity index (χ4n) is 4.75. The molecule has 5 rings (SSSR count). The maximum Gasteiger partial charge on any atom is 0.253 e. The molecule has 0 aliphatic carbocycles. The number of anilines is 2. The van der Waals surface area contributed by atoms with E-state index in [1.165, 1.54) is 17.3 Å². The molecule has 0 bridgehead atoms. The summed E-state index contributed by atoms with van der Waals surface area (Å²) in [5.74, 6) is 2.30. The van der Waals surface area contributed by atoms with Gasteiger partial charge in [0.1, 0.15) is 16.7 Å².